The molecule has 0 aliphatic heterocycles. The minimum absolute atomic E-state index is 0.0268. The predicted octanol–water partition coefficient (Wildman–Crippen LogP) is -0.194. The van der Waals surface area contributed by atoms with E-state index in [1.807, 2.05) is 0 Å². The number of carbonyl (C=O) groups is 1. The first kappa shape index (κ1) is 10.1. The molecule has 0 radical (unpaired) electrons. The van der Waals surface area contributed by atoms with E-state index in [1.165, 1.54) is 6.92 Å². The van der Waals surface area contributed by atoms with Crippen molar-refractivity contribution in [3.63, 3.8) is 0 Å². The van der Waals surface area contributed by atoms with Crippen LogP contribution in [-0.2, 0) is 9.53 Å². The number of rotatable bonds is 4. The highest BCUT2D eigenvalue weighted by Crippen LogP contribution is 1.98. The van der Waals surface area contributed by atoms with Gasteiger partial charge in [-0.25, -0.2) is 4.79 Å². The van der Waals surface area contributed by atoms with Crippen LogP contribution in [0.1, 0.15) is 13.3 Å². The summed E-state index contributed by atoms with van der Waals surface area (Å²) in [6.07, 6.45) is -1.21. The molecule has 0 saturated carbocycles. The number of carbonyl (C=O) groups excluding carboxylic acids is 1. The molecule has 0 aromatic heterocycles. The minimum Gasteiger partial charge on any atom is -0.433 e. The fourth-order valence-corrected chi connectivity index (χ4v) is 0.394. The molecule has 2 N–H and O–H groups in total. The summed E-state index contributed by atoms with van der Waals surface area (Å²) in [6, 6.07) is 0. The van der Waals surface area contributed by atoms with Gasteiger partial charge in [0.15, 0.2) is 0 Å². The van der Waals surface area contributed by atoms with Crippen molar-refractivity contribution in [3.05, 3.63) is 12.2 Å². The summed E-state index contributed by atoms with van der Waals surface area (Å²) < 4.78 is 4.41. The molecule has 0 amide bonds. The molecule has 1 atom stereocenters. The second-order valence-corrected chi connectivity index (χ2v) is 2.15. The Kier molecular flexibility index (Phi) is 4.49. The Hall–Kier alpha value is -0.870. The van der Waals surface area contributed by atoms with Crippen LogP contribution in [0.25, 0.3) is 0 Å². The SMILES string of the molecule is C=C(C)C(=O)OC(O)CCO. The maximum Gasteiger partial charge on any atom is 0.335 e. The van der Waals surface area contributed by atoms with Crippen molar-refractivity contribution in [2.45, 2.75) is 19.6 Å². The normalized spacial score (nSPS) is 12.3. The average Bonchev–Trinajstić information content (AvgIpc) is 1.87. The molecule has 0 aliphatic carbocycles. The van der Waals surface area contributed by atoms with E-state index in [-0.39, 0.29) is 18.6 Å². The van der Waals surface area contributed by atoms with Crippen molar-refractivity contribution in [1.29, 1.82) is 0 Å². The van der Waals surface area contributed by atoms with Crippen LogP contribution in [0.5, 0.6) is 0 Å². The molecule has 0 rings (SSSR count). The molecule has 64 valence electrons. The molecule has 11 heavy (non-hydrogen) atoms. The third-order valence-electron chi connectivity index (χ3n) is 0.968. The Morgan fingerprint density at radius 1 is 1.73 bits per heavy atom. The molecule has 0 aromatic carbocycles. The third-order valence-corrected chi connectivity index (χ3v) is 0.968. The largest absolute Gasteiger partial charge is 0.433 e. The summed E-state index contributed by atoms with van der Waals surface area (Å²) in [6.45, 7) is 4.58. The van der Waals surface area contributed by atoms with Gasteiger partial charge >= 0.3 is 5.97 Å². The molecule has 0 saturated heterocycles. The van der Waals surface area contributed by atoms with Crippen molar-refractivity contribution in [2.75, 3.05) is 6.61 Å². The number of ether oxygens (including phenoxy) is 1. The first-order valence-corrected chi connectivity index (χ1v) is 3.23. The second kappa shape index (κ2) is 4.87. The van der Waals surface area contributed by atoms with Crippen LogP contribution in [0.15, 0.2) is 12.2 Å². The Bertz CT molecular complexity index is 153. The van der Waals surface area contributed by atoms with E-state index >= 15 is 0 Å². The summed E-state index contributed by atoms with van der Waals surface area (Å²) in [5.41, 5.74) is 0.224. The minimum atomic E-state index is -1.23. The molecule has 1 unspecified atom stereocenters. The highest BCUT2D eigenvalue weighted by Gasteiger charge is 2.09. The van der Waals surface area contributed by atoms with Crippen LogP contribution in [0.4, 0.5) is 0 Å². The first-order chi connectivity index (χ1) is 5.07. The second-order valence-electron chi connectivity index (χ2n) is 2.15. The summed E-state index contributed by atoms with van der Waals surface area (Å²) >= 11 is 0. The Balaban J connectivity index is 3.66. The Morgan fingerprint density at radius 2 is 2.27 bits per heavy atom. The van der Waals surface area contributed by atoms with E-state index in [1.54, 1.807) is 0 Å². The summed E-state index contributed by atoms with van der Waals surface area (Å²) in [5.74, 6) is -0.647. The fourth-order valence-electron chi connectivity index (χ4n) is 0.394. The van der Waals surface area contributed by atoms with Gasteiger partial charge in [0.2, 0.25) is 6.29 Å². The zero-order valence-electron chi connectivity index (χ0n) is 6.41. The standard InChI is InChI=1S/C7H12O4/c1-5(2)7(10)11-6(9)3-4-8/h6,8-9H,1,3-4H2,2H3. The van der Waals surface area contributed by atoms with E-state index in [2.05, 4.69) is 11.3 Å². The lowest BCUT2D eigenvalue weighted by Crippen LogP contribution is -2.18. The maximum absolute atomic E-state index is 10.7. The van der Waals surface area contributed by atoms with Gasteiger partial charge in [0.1, 0.15) is 0 Å². The van der Waals surface area contributed by atoms with Crippen LogP contribution < -0.4 is 0 Å². The molecule has 4 nitrogen and oxygen atoms in total. The van der Waals surface area contributed by atoms with Crippen molar-refractivity contribution in [1.82, 2.24) is 0 Å². The topological polar surface area (TPSA) is 66.8 Å². The molecule has 0 aromatic rings. The summed E-state index contributed by atoms with van der Waals surface area (Å²) in [5, 5.41) is 17.1. The lowest BCUT2D eigenvalue weighted by Gasteiger charge is -2.09. The third kappa shape index (κ3) is 4.52. The van der Waals surface area contributed by atoms with E-state index < -0.39 is 12.3 Å². The predicted molar refractivity (Wildman–Crippen MR) is 38.6 cm³/mol. The van der Waals surface area contributed by atoms with Crippen LogP contribution in [-0.4, -0.2) is 29.1 Å². The van der Waals surface area contributed by atoms with Gasteiger partial charge < -0.3 is 14.9 Å². The molecule has 0 heterocycles. The van der Waals surface area contributed by atoms with Crippen LogP contribution in [0, 0.1) is 0 Å². The van der Waals surface area contributed by atoms with Crippen molar-refractivity contribution < 1.29 is 19.7 Å². The highest BCUT2D eigenvalue weighted by molar-refractivity contribution is 5.86. The van der Waals surface area contributed by atoms with Gasteiger partial charge in [-0.15, -0.1) is 0 Å². The molecule has 0 spiro atoms. The summed E-state index contributed by atoms with van der Waals surface area (Å²) in [7, 11) is 0. The smallest absolute Gasteiger partial charge is 0.335 e. The number of aliphatic hydroxyl groups is 2. The number of esters is 1. The monoisotopic (exact) mass is 160 g/mol. The number of aliphatic hydroxyl groups excluding tert-OH is 2. The molecule has 0 bridgehead atoms. The molecule has 0 aliphatic rings. The van der Waals surface area contributed by atoms with E-state index in [9.17, 15) is 4.79 Å². The lowest BCUT2D eigenvalue weighted by molar-refractivity contribution is -0.164. The van der Waals surface area contributed by atoms with Crippen molar-refractivity contribution in [3.8, 4) is 0 Å². The van der Waals surface area contributed by atoms with Gasteiger partial charge in [-0.3, -0.25) is 0 Å². The van der Waals surface area contributed by atoms with Crippen LogP contribution >= 0.6 is 0 Å². The lowest BCUT2D eigenvalue weighted by atomic mass is 10.3. The Morgan fingerprint density at radius 3 is 2.64 bits per heavy atom. The number of hydrogen-bond acceptors (Lipinski definition) is 4. The van der Waals surface area contributed by atoms with Crippen LogP contribution in [0.3, 0.4) is 0 Å². The van der Waals surface area contributed by atoms with Gasteiger partial charge in [-0.05, 0) is 6.92 Å². The van der Waals surface area contributed by atoms with Crippen molar-refractivity contribution in [2.24, 2.45) is 0 Å². The van der Waals surface area contributed by atoms with E-state index in [4.69, 9.17) is 10.2 Å². The average molecular weight is 160 g/mol. The van der Waals surface area contributed by atoms with E-state index in [0.29, 0.717) is 0 Å². The van der Waals surface area contributed by atoms with Gasteiger partial charge in [0, 0.05) is 18.6 Å². The van der Waals surface area contributed by atoms with Crippen LogP contribution in [0.2, 0.25) is 0 Å². The van der Waals surface area contributed by atoms with Gasteiger partial charge in [0.05, 0.1) is 0 Å². The maximum atomic E-state index is 10.7. The van der Waals surface area contributed by atoms with Gasteiger partial charge in [-0.2, -0.15) is 0 Å². The Labute approximate surface area is 65.1 Å². The van der Waals surface area contributed by atoms with E-state index in [0.717, 1.165) is 0 Å². The summed E-state index contributed by atoms with van der Waals surface area (Å²) in [4.78, 5) is 10.7. The van der Waals surface area contributed by atoms with Crippen molar-refractivity contribution >= 4 is 5.97 Å². The molecule has 4 heteroatoms. The first-order valence-electron chi connectivity index (χ1n) is 3.23. The zero-order chi connectivity index (χ0) is 8.85. The molecular formula is C7H12O4. The quantitative estimate of drug-likeness (QED) is 0.340. The van der Waals surface area contributed by atoms with Gasteiger partial charge in [0.25, 0.3) is 0 Å². The fraction of sp³-hybridized carbons (Fsp3) is 0.571. The molecular weight excluding hydrogens is 148 g/mol. The molecule has 0 fully saturated rings. The van der Waals surface area contributed by atoms with Gasteiger partial charge in [-0.1, -0.05) is 6.58 Å². The number of hydrogen-bond donors (Lipinski definition) is 2. The zero-order valence-corrected chi connectivity index (χ0v) is 6.41. The highest BCUT2D eigenvalue weighted by atomic mass is 16.6.